The molecule has 2 nitrogen and oxygen atoms in total. The Balaban J connectivity index is 1.37. The highest BCUT2D eigenvalue weighted by atomic mass is 15.0. The molecule has 0 bridgehead atoms. The van der Waals surface area contributed by atoms with Gasteiger partial charge in [0.05, 0.1) is 11.4 Å². The molecule has 0 aliphatic carbocycles. The van der Waals surface area contributed by atoms with Gasteiger partial charge in [0.2, 0.25) is 0 Å². The van der Waals surface area contributed by atoms with Gasteiger partial charge in [0.15, 0.2) is 0 Å². The van der Waals surface area contributed by atoms with Crippen molar-refractivity contribution in [1.82, 2.24) is 9.13 Å². The summed E-state index contributed by atoms with van der Waals surface area (Å²) in [5.41, 5.74) is 15.0. The van der Waals surface area contributed by atoms with Gasteiger partial charge in [-0.05, 0) is 56.6 Å². The lowest BCUT2D eigenvalue weighted by Crippen LogP contribution is -2.04. The first-order valence-corrected chi connectivity index (χ1v) is 17.0. The van der Waals surface area contributed by atoms with Crippen LogP contribution >= 0.6 is 0 Å². The number of hydrogen-bond acceptors (Lipinski definition) is 0. The van der Waals surface area contributed by atoms with E-state index in [4.69, 9.17) is 0 Å². The van der Waals surface area contributed by atoms with Gasteiger partial charge in [-0.1, -0.05) is 171 Å². The summed E-state index contributed by atoms with van der Waals surface area (Å²) in [5.74, 6) is 0. The summed E-state index contributed by atoms with van der Waals surface area (Å²) in [5, 5.41) is 2.58. The van der Waals surface area contributed by atoms with Crippen LogP contribution in [0.2, 0.25) is 0 Å². The Morgan fingerprint density at radius 1 is 0.408 bits per heavy atom. The number of para-hydroxylation sites is 2. The predicted octanol–water partition coefficient (Wildman–Crippen LogP) is 11.9. The van der Waals surface area contributed by atoms with Crippen molar-refractivity contribution >= 4 is 34.0 Å². The van der Waals surface area contributed by atoms with Gasteiger partial charge in [0, 0.05) is 41.3 Å². The second-order valence-electron chi connectivity index (χ2n) is 12.7. The van der Waals surface area contributed by atoms with E-state index in [-0.39, 0.29) is 0 Å². The van der Waals surface area contributed by atoms with E-state index in [2.05, 4.69) is 180 Å². The minimum Gasteiger partial charge on any atom is -0.336 e. The molecular weight excluding hydrogens is 593 g/mol. The Morgan fingerprint density at radius 2 is 0.776 bits per heavy atom. The van der Waals surface area contributed by atoms with Gasteiger partial charge < -0.3 is 9.13 Å². The molecule has 49 heavy (non-hydrogen) atoms. The van der Waals surface area contributed by atoms with Crippen LogP contribution in [0.5, 0.6) is 0 Å². The summed E-state index contributed by atoms with van der Waals surface area (Å²) in [6.07, 6.45) is 4.60. The van der Waals surface area contributed by atoms with Crippen molar-refractivity contribution in [3.63, 3.8) is 0 Å². The minimum absolute atomic E-state index is 0.774. The number of benzene rings is 6. The van der Waals surface area contributed by atoms with Crippen molar-refractivity contribution in [3.8, 4) is 22.5 Å². The average Bonchev–Trinajstić information content (AvgIpc) is 3.64. The molecule has 0 aliphatic heterocycles. The van der Waals surface area contributed by atoms with E-state index in [1.807, 2.05) is 12.2 Å². The smallest absolute Gasteiger partial charge is 0.0530 e. The van der Waals surface area contributed by atoms with Crippen LogP contribution in [-0.4, -0.2) is 9.13 Å². The van der Waals surface area contributed by atoms with Crippen molar-refractivity contribution in [3.05, 3.63) is 204 Å². The first-order valence-electron chi connectivity index (χ1n) is 17.0. The SMILES string of the molecule is C=Cc1ccc(Cn2c(-c3ccccc3)c(Cc3c(-c4ccccc4)n(Cc4ccc(C=C)cc4)c4ccccc34)c3ccccc32)cc1. The fourth-order valence-corrected chi connectivity index (χ4v) is 7.35. The van der Waals surface area contributed by atoms with Crippen LogP contribution < -0.4 is 0 Å². The third kappa shape index (κ3) is 5.72. The van der Waals surface area contributed by atoms with Crippen LogP contribution in [0, 0.1) is 0 Å². The first-order chi connectivity index (χ1) is 24.2. The van der Waals surface area contributed by atoms with Crippen molar-refractivity contribution < 1.29 is 0 Å². The van der Waals surface area contributed by atoms with E-state index in [1.54, 1.807) is 0 Å². The molecular formula is C47H38N2. The standard InChI is InChI=1S/C47H38N2/c1-3-34-23-27-36(28-24-34)32-48-44-21-13-11-19-40(44)42(46(48)38-15-7-5-8-16-38)31-43-41-20-12-14-22-45(41)49(47(43)39-17-9-6-10-18-39)33-37-29-25-35(4-2)26-30-37/h3-30H,1-2,31-33H2. The summed E-state index contributed by atoms with van der Waals surface area (Å²) in [6.45, 7) is 9.46. The number of hydrogen-bond donors (Lipinski definition) is 0. The zero-order valence-corrected chi connectivity index (χ0v) is 27.6. The molecule has 0 amide bonds. The Kier molecular flexibility index (Phi) is 8.13. The molecule has 8 aromatic rings. The zero-order chi connectivity index (χ0) is 33.2. The maximum absolute atomic E-state index is 3.95. The molecule has 0 aliphatic rings. The molecule has 0 atom stereocenters. The van der Waals surface area contributed by atoms with Crippen LogP contribution in [0.1, 0.15) is 33.4 Å². The Bertz CT molecular complexity index is 2230. The number of rotatable bonds is 10. The summed E-state index contributed by atoms with van der Waals surface area (Å²) in [4.78, 5) is 0. The van der Waals surface area contributed by atoms with E-state index in [9.17, 15) is 0 Å². The monoisotopic (exact) mass is 630 g/mol. The van der Waals surface area contributed by atoms with Gasteiger partial charge in [-0.15, -0.1) is 0 Å². The van der Waals surface area contributed by atoms with Crippen LogP contribution in [0.4, 0.5) is 0 Å². The molecule has 0 radical (unpaired) electrons. The number of aromatic nitrogens is 2. The summed E-state index contributed by atoms with van der Waals surface area (Å²) in [7, 11) is 0. The molecule has 0 fully saturated rings. The predicted molar refractivity (Wildman–Crippen MR) is 209 cm³/mol. The molecule has 8 rings (SSSR count). The molecule has 2 aromatic heterocycles. The quantitative estimate of drug-likeness (QED) is 0.142. The van der Waals surface area contributed by atoms with E-state index in [1.165, 1.54) is 66.6 Å². The Morgan fingerprint density at radius 3 is 1.16 bits per heavy atom. The zero-order valence-electron chi connectivity index (χ0n) is 27.6. The van der Waals surface area contributed by atoms with Crippen molar-refractivity contribution in [2.24, 2.45) is 0 Å². The summed E-state index contributed by atoms with van der Waals surface area (Å²) < 4.78 is 5.04. The third-order valence-electron chi connectivity index (χ3n) is 9.71. The molecule has 0 saturated carbocycles. The second-order valence-corrected chi connectivity index (χ2v) is 12.7. The van der Waals surface area contributed by atoms with Crippen LogP contribution in [-0.2, 0) is 19.5 Å². The molecule has 0 N–H and O–H groups in total. The number of fused-ring (bicyclic) bond motifs is 2. The molecule has 0 spiro atoms. The summed E-state index contributed by atoms with van der Waals surface area (Å²) in [6, 6.07) is 57.2. The fraction of sp³-hybridized carbons (Fsp3) is 0.0638. The van der Waals surface area contributed by atoms with Gasteiger partial charge in [0.25, 0.3) is 0 Å². The highest BCUT2D eigenvalue weighted by molar-refractivity contribution is 5.96. The highest BCUT2D eigenvalue weighted by Crippen LogP contribution is 2.41. The van der Waals surface area contributed by atoms with Crippen LogP contribution in [0.15, 0.2) is 171 Å². The van der Waals surface area contributed by atoms with E-state index in [0.29, 0.717) is 0 Å². The van der Waals surface area contributed by atoms with Gasteiger partial charge in [-0.3, -0.25) is 0 Å². The lowest BCUT2D eigenvalue weighted by atomic mass is 9.94. The molecule has 0 saturated heterocycles. The lowest BCUT2D eigenvalue weighted by molar-refractivity contribution is 0.836. The maximum Gasteiger partial charge on any atom is 0.0530 e. The highest BCUT2D eigenvalue weighted by Gasteiger charge is 2.24. The van der Waals surface area contributed by atoms with E-state index < -0.39 is 0 Å². The van der Waals surface area contributed by atoms with Gasteiger partial charge in [-0.25, -0.2) is 0 Å². The fourth-order valence-electron chi connectivity index (χ4n) is 7.35. The van der Waals surface area contributed by atoms with Crippen molar-refractivity contribution in [1.29, 1.82) is 0 Å². The largest absolute Gasteiger partial charge is 0.336 e. The van der Waals surface area contributed by atoms with Crippen LogP contribution in [0.25, 0.3) is 56.5 Å². The van der Waals surface area contributed by atoms with Gasteiger partial charge in [0.1, 0.15) is 0 Å². The molecule has 0 unspecified atom stereocenters. The first kappa shape index (κ1) is 30.2. The van der Waals surface area contributed by atoms with E-state index >= 15 is 0 Å². The molecule has 2 heteroatoms. The van der Waals surface area contributed by atoms with Crippen molar-refractivity contribution in [2.75, 3.05) is 0 Å². The van der Waals surface area contributed by atoms with Gasteiger partial charge >= 0.3 is 0 Å². The normalized spacial score (nSPS) is 11.3. The van der Waals surface area contributed by atoms with Crippen LogP contribution in [0.3, 0.4) is 0 Å². The molecule has 6 aromatic carbocycles. The molecule has 2 heterocycles. The molecule has 236 valence electrons. The summed E-state index contributed by atoms with van der Waals surface area (Å²) >= 11 is 0. The third-order valence-corrected chi connectivity index (χ3v) is 9.71. The van der Waals surface area contributed by atoms with Crippen molar-refractivity contribution in [2.45, 2.75) is 19.5 Å². The Hall–Kier alpha value is -6.12. The average molecular weight is 631 g/mol. The van der Waals surface area contributed by atoms with Gasteiger partial charge in [-0.2, -0.15) is 0 Å². The second kappa shape index (κ2) is 13.2. The lowest BCUT2D eigenvalue weighted by Gasteiger charge is -2.15. The topological polar surface area (TPSA) is 9.86 Å². The maximum atomic E-state index is 3.95. The number of nitrogens with zero attached hydrogens (tertiary/aromatic N) is 2. The van der Waals surface area contributed by atoms with E-state index in [0.717, 1.165) is 30.6 Å². The minimum atomic E-state index is 0.774. The Labute approximate surface area is 288 Å².